The summed E-state index contributed by atoms with van der Waals surface area (Å²) in [5, 5.41) is 3.22. The molecule has 12 nitrogen and oxygen atoms in total. The summed E-state index contributed by atoms with van der Waals surface area (Å²) in [6.07, 6.45) is 0. The zero-order chi connectivity index (χ0) is 29.5. The molecule has 0 unspecified atom stereocenters. The summed E-state index contributed by atoms with van der Waals surface area (Å²) in [7, 11) is 2.59. The van der Waals surface area contributed by atoms with Crippen molar-refractivity contribution in [3.05, 3.63) is 70.1 Å². The zero-order valence-corrected chi connectivity index (χ0v) is 24.6. The fourth-order valence-corrected chi connectivity index (χ4v) is 3.66. The van der Waals surface area contributed by atoms with E-state index in [4.69, 9.17) is 30.9 Å². The van der Waals surface area contributed by atoms with Gasteiger partial charge in [0.25, 0.3) is 19.2 Å². The molecule has 0 amide bonds. The first-order valence-electron chi connectivity index (χ1n) is 11.0. The van der Waals surface area contributed by atoms with Crippen molar-refractivity contribution in [1.82, 2.24) is 0 Å². The van der Waals surface area contributed by atoms with Gasteiger partial charge < -0.3 is 19.9 Å². The Kier molecular flexibility index (Phi) is 22.6. The minimum absolute atomic E-state index is 0.0344. The first kappa shape index (κ1) is 37.9. The molecule has 15 heteroatoms. The van der Waals surface area contributed by atoms with Crippen molar-refractivity contribution in [1.29, 1.82) is 0 Å². The third kappa shape index (κ3) is 20.8. The lowest BCUT2D eigenvalue weighted by Gasteiger charge is -2.04. The largest absolute Gasteiger partial charge is 0.385 e. The molecule has 0 bridgehead atoms. The van der Waals surface area contributed by atoms with E-state index >= 15 is 0 Å². The molecule has 2 aromatic carbocycles. The van der Waals surface area contributed by atoms with Crippen molar-refractivity contribution in [2.75, 3.05) is 60.8 Å². The summed E-state index contributed by atoms with van der Waals surface area (Å²) in [6.45, 7) is 6.28. The van der Waals surface area contributed by atoms with Crippen LogP contribution in [0.2, 0.25) is 0 Å². The lowest BCUT2D eigenvalue weighted by atomic mass is 10.2. The van der Waals surface area contributed by atoms with Crippen LogP contribution >= 0.6 is 10.7 Å². The van der Waals surface area contributed by atoms with Gasteiger partial charge in [-0.1, -0.05) is 40.5 Å². The zero-order valence-electron chi connectivity index (χ0n) is 22.2. The smallest absolute Gasteiger partial charge is 0.297 e. The van der Waals surface area contributed by atoms with Gasteiger partial charge in [-0.3, -0.25) is 4.18 Å². The van der Waals surface area contributed by atoms with E-state index in [0.717, 1.165) is 11.1 Å². The van der Waals surface area contributed by atoms with E-state index in [9.17, 15) is 16.8 Å². The van der Waals surface area contributed by atoms with Crippen LogP contribution in [-0.2, 0) is 37.6 Å². The number of methoxy groups -OCH3 is 3. The molecule has 0 aliphatic carbocycles. The molecule has 0 aliphatic heterocycles. The van der Waals surface area contributed by atoms with Gasteiger partial charge in [0.15, 0.2) is 0 Å². The Morgan fingerprint density at radius 2 is 1.24 bits per heavy atom. The Bertz CT molecular complexity index is 1120. The molecular formula is C23H37ClN4O8S2. The first-order valence-corrected chi connectivity index (χ1v) is 14.8. The predicted molar refractivity (Wildman–Crippen MR) is 147 cm³/mol. The monoisotopic (exact) mass is 596 g/mol. The third-order valence-corrected chi connectivity index (χ3v) is 6.61. The Balaban J connectivity index is 0. The molecule has 0 atom stereocenters. The van der Waals surface area contributed by atoms with Crippen LogP contribution in [0.25, 0.3) is 10.4 Å². The molecule has 2 aromatic rings. The van der Waals surface area contributed by atoms with E-state index < -0.39 is 19.2 Å². The minimum Gasteiger partial charge on any atom is -0.385 e. The number of halogens is 1. The van der Waals surface area contributed by atoms with Crippen LogP contribution in [0.1, 0.15) is 11.1 Å². The number of nitrogens with zero attached hydrogens (tertiary/aromatic N) is 3. The lowest BCUT2D eigenvalue weighted by Crippen LogP contribution is -2.10. The summed E-state index contributed by atoms with van der Waals surface area (Å²) >= 11 is 0. The van der Waals surface area contributed by atoms with Gasteiger partial charge in [-0.25, -0.2) is 8.42 Å². The molecule has 0 aromatic heterocycles. The molecule has 216 valence electrons. The summed E-state index contributed by atoms with van der Waals surface area (Å²) in [6, 6.07) is 12.9. The summed E-state index contributed by atoms with van der Waals surface area (Å²) in [5.74, 6) is 0. The topological polar surface area (TPSA) is 180 Å². The second-order valence-electron chi connectivity index (χ2n) is 7.06. The number of rotatable bonds is 11. The number of aryl methyl sites for hydroxylation is 2. The quantitative estimate of drug-likeness (QED) is 0.101. The van der Waals surface area contributed by atoms with Crippen LogP contribution in [-0.4, -0.2) is 77.7 Å². The van der Waals surface area contributed by atoms with Crippen LogP contribution in [0.5, 0.6) is 0 Å². The number of hydrogen-bond acceptors (Lipinski definition) is 10. The molecule has 0 radical (unpaired) electrons. The van der Waals surface area contributed by atoms with Gasteiger partial charge in [0, 0.05) is 50.0 Å². The Morgan fingerprint density at radius 1 is 0.789 bits per heavy atom. The molecule has 38 heavy (non-hydrogen) atoms. The maximum atomic E-state index is 11.5. The van der Waals surface area contributed by atoms with Crippen molar-refractivity contribution in [2.45, 2.75) is 23.6 Å². The van der Waals surface area contributed by atoms with Crippen LogP contribution in [0.15, 0.2) is 63.4 Å². The summed E-state index contributed by atoms with van der Waals surface area (Å²) in [4.78, 5) is 2.83. The van der Waals surface area contributed by atoms with Crippen molar-refractivity contribution in [3.8, 4) is 0 Å². The van der Waals surface area contributed by atoms with Crippen molar-refractivity contribution in [3.63, 3.8) is 0 Å². The summed E-state index contributed by atoms with van der Waals surface area (Å²) in [5.41, 5.74) is 14.7. The van der Waals surface area contributed by atoms with Gasteiger partial charge in [0.2, 0.25) is 0 Å². The number of hydrogen-bond donors (Lipinski definition) is 1. The van der Waals surface area contributed by atoms with Crippen LogP contribution in [0, 0.1) is 13.8 Å². The van der Waals surface area contributed by atoms with E-state index in [1.807, 2.05) is 13.8 Å². The van der Waals surface area contributed by atoms with Crippen molar-refractivity contribution >= 4 is 29.9 Å². The summed E-state index contributed by atoms with van der Waals surface area (Å²) < 4.78 is 63.1. The number of nitrogens with two attached hydrogens (primary N) is 1. The predicted octanol–water partition coefficient (Wildman–Crippen LogP) is 3.80. The Labute approximate surface area is 230 Å². The average molecular weight is 597 g/mol. The highest BCUT2D eigenvalue weighted by molar-refractivity contribution is 8.13. The van der Waals surface area contributed by atoms with Gasteiger partial charge in [-0.15, -0.1) is 0 Å². The van der Waals surface area contributed by atoms with Gasteiger partial charge in [0.05, 0.1) is 36.2 Å². The lowest BCUT2D eigenvalue weighted by molar-refractivity contribution is 0.149. The average Bonchev–Trinajstić information content (AvgIpc) is 2.86. The van der Waals surface area contributed by atoms with E-state index in [1.165, 1.54) is 31.4 Å². The Hall–Kier alpha value is -2.26. The van der Waals surface area contributed by atoms with E-state index in [0.29, 0.717) is 26.3 Å². The van der Waals surface area contributed by atoms with Crippen molar-refractivity contribution < 1.29 is 35.2 Å². The molecule has 0 saturated carbocycles. The highest BCUT2D eigenvalue weighted by Crippen LogP contribution is 2.14. The fraction of sp³-hybridized carbons (Fsp3) is 0.478. The molecule has 0 heterocycles. The molecule has 0 saturated heterocycles. The molecule has 0 fully saturated rings. The number of azide groups is 1. The number of ether oxygens (including phenoxy) is 3. The van der Waals surface area contributed by atoms with Crippen LogP contribution in [0.3, 0.4) is 0 Å². The van der Waals surface area contributed by atoms with Crippen molar-refractivity contribution in [2.24, 2.45) is 10.8 Å². The van der Waals surface area contributed by atoms with E-state index in [-0.39, 0.29) is 23.0 Å². The SMILES string of the molecule is COCCN.COCCN=[N+]=[N-].COCCOS(=O)(=O)c1ccc(C)cc1.Cc1ccc(S(=O)(=O)Cl)cc1. The number of benzene rings is 2. The van der Waals surface area contributed by atoms with Gasteiger partial charge in [-0.05, 0) is 43.6 Å². The first-order chi connectivity index (χ1) is 17.9. The Morgan fingerprint density at radius 3 is 1.58 bits per heavy atom. The van der Waals surface area contributed by atoms with Gasteiger partial charge >= 0.3 is 0 Å². The normalized spacial score (nSPS) is 10.4. The molecule has 0 aliphatic rings. The molecular weight excluding hydrogens is 560 g/mol. The highest BCUT2D eigenvalue weighted by atomic mass is 35.7. The second-order valence-corrected chi connectivity index (χ2v) is 11.2. The van der Waals surface area contributed by atoms with E-state index in [2.05, 4.69) is 19.5 Å². The highest BCUT2D eigenvalue weighted by Gasteiger charge is 2.14. The van der Waals surface area contributed by atoms with E-state index in [1.54, 1.807) is 38.5 Å². The van der Waals surface area contributed by atoms with Crippen LogP contribution < -0.4 is 5.73 Å². The third-order valence-electron chi connectivity index (χ3n) is 3.92. The van der Waals surface area contributed by atoms with Gasteiger partial charge in [0.1, 0.15) is 0 Å². The minimum atomic E-state index is -3.63. The van der Waals surface area contributed by atoms with Gasteiger partial charge in [-0.2, -0.15) is 8.42 Å². The van der Waals surface area contributed by atoms with Crippen LogP contribution in [0.4, 0.5) is 0 Å². The molecule has 2 rings (SSSR count). The molecule has 2 N–H and O–H groups in total. The maximum absolute atomic E-state index is 11.5. The standard InChI is InChI=1S/C10H14O4S.C7H7ClO2S.C3H7N3O.C3H9NO/c1-9-3-5-10(6-4-9)15(11,12)14-8-7-13-2;1-6-2-4-7(5-3-6)11(8,9)10;1-7-3-2-5-6-4;1-5-3-2-4/h3-6H,7-8H2,1-2H3;2-5H,1H3;2-3H2,1H3;2-4H2,1H3. The maximum Gasteiger partial charge on any atom is 0.297 e. The second kappa shape index (κ2) is 22.7. The molecule has 0 spiro atoms. The fourth-order valence-electron chi connectivity index (χ4n) is 2.00.